The fourth-order valence-corrected chi connectivity index (χ4v) is 1.90. The summed E-state index contributed by atoms with van der Waals surface area (Å²) in [6, 6.07) is 6.60. The van der Waals surface area contributed by atoms with Gasteiger partial charge in [-0.2, -0.15) is 0 Å². The summed E-state index contributed by atoms with van der Waals surface area (Å²) in [5.74, 6) is -0.935. The van der Waals surface area contributed by atoms with Gasteiger partial charge < -0.3 is 15.2 Å². The number of benzene rings is 1. The van der Waals surface area contributed by atoms with Crippen LogP contribution in [0.2, 0.25) is 0 Å². The predicted octanol–water partition coefficient (Wildman–Crippen LogP) is 1.98. The lowest BCUT2D eigenvalue weighted by atomic mass is 10.1. The highest BCUT2D eigenvalue weighted by Crippen LogP contribution is 2.35. The van der Waals surface area contributed by atoms with E-state index in [9.17, 15) is 4.39 Å². The summed E-state index contributed by atoms with van der Waals surface area (Å²) >= 11 is 0. The van der Waals surface area contributed by atoms with E-state index in [1.807, 2.05) is 6.92 Å². The lowest BCUT2D eigenvalue weighted by molar-refractivity contribution is -0.157. The zero-order chi connectivity index (χ0) is 11.6. The summed E-state index contributed by atoms with van der Waals surface area (Å²) in [6.07, 6.45) is 0.274. The average molecular weight is 225 g/mol. The van der Waals surface area contributed by atoms with Crippen molar-refractivity contribution in [3.05, 3.63) is 35.6 Å². The quantitative estimate of drug-likeness (QED) is 0.855. The van der Waals surface area contributed by atoms with E-state index in [0.717, 1.165) is 0 Å². The third-order valence-corrected chi connectivity index (χ3v) is 2.78. The Morgan fingerprint density at radius 3 is 2.94 bits per heavy atom. The van der Waals surface area contributed by atoms with Crippen LogP contribution in [0, 0.1) is 5.82 Å². The monoisotopic (exact) mass is 225 g/mol. The minimum absolute atomic E-state index is 0.256. The van der Waals surface area contributed by atoms with Crippen molar-refractivity contribution >= 4 is 0 Å². The molecular weight excluding hydrogens is 209 g/mol. The Labute approximate surface area is 94.3 Å². The highest BCUT2D eigenvalue weighted by atomic mass is 19.1. The number of ether oxygens (including phenoxy) is 2. The summed E-state index contributed by atoms with van der Waals surface area (Å²) in [5.41, 5.74) is 6.02. The van der Waals surface area contributed by atoms with Crippen LogP contribution >= 0.6 is 0 Å². The molecule has 1 aliphatic rings. The van der Waals surface area contributed by atoms with E-state index in [0.29, 0.717) is 25.1 Å². The van der Waals surface area contributed by atoms with Gasteiger partial charge in [-0.15, -0.1) is 0 Å². The maximum absolute atomic E-state index is 13.5. The standard InChI is InChI=1S/C12H16FNO2/c1-12(6-7-14)15-8-11(16-12)9-4-2-3-5-10(9)13/h2-5,11H,6-8,14H2,1H3. The van der Waals surface area contributed by atoms with Gasteiger partial charge in [-0.25, -0.2) is 4.39 Å². The van der Waals surface area contributed by atoms with E-state index in [1.165, 1.54) is 6.07 Å². The van der Waals surface area contributed by atoms with Crippen molar-refractivity contribution in [1.29, 1.82) is 0 Å². The maximum atomic E-state index is 13.5. The van der Waals surface area contributed by atoms with Gasteiger partial charge >= 0.3 is 0 Å². The van der Waals surface area contributed by atoms with Crippen LogP contribution in [0.1, 0.15) is 25.0 Å². The van der Waals surface area contributed by atoms with Crippen molar-refractivity contribution in [3.8, 4) is 0 Å². The molecular formula is C12H16FNO2. The number of hydrogen-bond donors (Lipinski definition) is 1. The largest absolute Gasteiger partial charge is 0.347 e. The summed E-state index contributed by atoms with van der Waals surface area (Å²) in [4.78, 5) is 0. The Hall–Kier alpha value is -0.970. The van der Waals surface area contributed by atoms with Gasteiger partial charge in [-0.3, -0.25) is 0 Å². The van der Waals surface area contributed by atoms with E-state index < -0.39 is 5.79 Å². The van der Waals surface area contributed by atoms with Crippen LogP contribution in [0.5, 0.6) is 0 Å². The fourth-order valence-electron chi connectivity index (χ4n) is 1.90. The average Bonchev–Trinajstić information content (AvgIpc) is 2.62. The van der Waals surface area contributed by atoms with Gasteiger partial charge in [-0.05, 0) is 19.5 Å². The van der Waals surface area contributed by atoms with E-state index in [2.05, 4.69) is 0 Å². The molecule has 0 bridgehead atoms. The van der Waals surface area contributed by atoms with Gasteiger partial charge in [0, 0.05) is 12.0 Å². The topological polar surface area (TPSA) is 44.5 Å². The summed E-state index contributed by atoms with van der Waals surface area (Å²) in [6.45, 7) is 2.69. The minimum atomic E-state index is -0.679. The summed E-state index contributed by atoms with van der Waals surface area (Å²) < 4.78 is 24.8. The molecule has 0 amide bonds. The number of nitrogens with two attached hydrogens (primary N) is 1. The molecule has 2 unspecified atom stereocenters. The van der Waals surface area contributed by atoms with E-state index in [4.69, 9.17) is 15.2 Å². The van der Waals surface area contributed by atoms with Gasteiger partial charge in [0.1, 0.15) is 11.9 Å². The Kier molecular flexibility index (Phi) is 3.23. The SMILES string of the molecule is CC1(CCN)OCC(c2ccccc2F)O1. The van der Waals surface area contributed by atoms with Crippen molar-refractivity contribution in [3.63, 3.8) is 0 Å². The first-order chi connectivity index (χ1) is 7.64. The molecule has 16 heavy (non-hydrogen) atoms. The van der Waals surface area contributed by atoms with Crippen LogP contribution in [0.3, 0.4) is 0 Å². The van der Waals surface area contributed by atoms with E-state index >= 15 is 0 Å². The second-order valence-corrected chi connectivity index (χ2v) is 4.11. The lowest BCUT2D eigenvalue weighted by Gasteiger charge is -2.22. The second kappa shape index (κ2) is 4.49. The Balaban J connectivity index is 2.12. The van der Waals surface area contributed by atoms with Crippen LogP contribution in [0.15, 0.2) is 24.3 Å². The Bertz CT molecular complexity index is 372. The van der Waals surface area contributed by atoms with Gasteiger partial charge in [0.15, 0.2) is 5.79 Å². The third-order valence-electron chi connectivity index (χ3n) is 2.78. The fraction of sp³-hybridized carbons (Fsp3) is 0.500. The first-order valence-corrected chi connectivity index (χ1v) is 5.41. The van der Waals surface area contributed by atoms with Crippen LogP contribution in [0.25, 0.3) is 0 Å². The molecule has 1 aromatic carbocycles. The molecule has 4 heteroatoms. The predicted molar refractivity (Wildman–Crippen MR) is 58.3 cm³/mol. The van der Waals surface area contributed by atoms with Gasteiger partial charge in [0.25, 0.3) is 0 Å². The van der Waals surface area contributed by atoms with E-state index in [-0.39, 0.29) is 11.9 Å². The molecule has 3 nitrogen and oxygen atoms in total. The van der Waals surface area contributed by atoms with Gasteiger partial charge in [0.2, 0.25) is 0 Å². The molecule has 0 spiro atoms. The zero-order valence-electron chi connectivity index (χ0n) is 9.28. The first-order valence-electron chi connectivity index (χ1n) is 5.41. The van der Waals surface area contributed by atoms with Crippen molar-refractivity contribution in [2.24, 2.45) is 5.73 Å². The van der Waals surface area contributed by atoms with Crippen LogP contribution in [-0.4, -0.2) is 18.9 Å². The van der Waals surface area contributed by atoms with Crippen molar-refractivity contribution in [2.45, 2.75) is 25.2 Å². The molecule has 88 valence electrons. The summed E-state index contributed by atoms with van der Waals surface area (Å²) in [5, 5.41) is 0. The molecule has 1 aromatic rings. The number of hydrogen-bond acceptors (Lipinski definition) is 3. The van der Waals surface area contributed by atoms with Gasteiger partial charge in [-0.1, -0.05) is 18.2 Å². The molecule has 1 fully saturated rings. The number of halogens is 1. The number of rotatable bonds is 3. The smallest absolute Gasteiger partial charge is 0.167 e. The molecule has 2 atom stereocenters. The summed E-state index contributed by atoms with van der Waals surface area (Å²) in [7, 11) is 0. The molecule has 2 N–H and O–H groups in total. The normalized spacial score (nSPS) is 29.6. The molecule has 1 heterocycles. The molecule has 0 aromatic heterocycles. The van der Waals surface area contributed by atoms with Crippen molar-refractivity contribution in [1.82, 2.24) is 0 Å². The van der Waals surface area contributed by atoms with Gasteiger partial charge in [0.05, 0.1) is 6.61 Å². The molecule has 1 aliphatic heterocycles. The molecule has 0 saturated carbocycles. The van der Waals surface area contributed by atoms with Crippen LogP contribution in [0.4, 0.5) is 4.39 Å². The highest BCUT2D eigenvalue weighted by Gasteiger charge is 2.37. The van der Waals surface area contributed by atoms with Crippen LogP contribution in [-0.2, 0) is 9.47 Å². The molecule has 2 rings (SSSR count). The van der Waals surface area contributed by atoms with Crippen molar-refractivity contribution < 1.29 is 13.9 Å². The first kappa shape index (κ1) is 11.5. The zero-order valence-corrected chi connectivity index (χ0v) is 9.28. The third kappa shape index (κ3) is 2.24. The highest BCUT2D eigenvalue weighted by molar-refractivity contribution is 5.20. The Morgan fingerprint density at radius 2 is 2.25 bits per heavy atom. The maximum Gasteiger partial charge on any atom is 0.167 e. The van der Waals surface area contributed by atoms with E-state index in [1.54, 1.807) is 18.2 Å². The minimum Gasteiger partial charge on any atom is -0.347 e. The lowest BCUT2D eigenvalue weighted by Crippen LogP contribution is -2.29. The molecule has 0 radical (unpaired) electrons. The molecule has 1 saturated heterocycles. The van der Waals surface area contributed by atoms with Crippen LogP contribution < -0.4 is 5.73 Å². The molecule has 0 aliphatic carbocycles. The Morgan fingerprint density at radius 1 is 1.50 bits per heavy atom. The van der Waals surface area contributed by atoms with Crippen molar-refractivity contribution in [2.75, 3.05) is 13.2 Å². The second-order valence-electron chi connectivity index (χ2n) is 4.11.